The number of aryl methyl sites for hydroxylation is 1. The van der Waals surface area contributed by atoms with Crippen molar-refractivity contribution in [3.8, 4) is 5.75 Å². The van der Waals surface area contributed by atoms with Crippen molar-refractivity contribution in [2.75, 3.05) is 13.1 Å². The van der Waals surface area contributed by atoms with E-state index in [0.717, 1.165) is 38.1 Å². The van der Waals surface area contributed by atoms with Crippen LogP contribution in [0.2, 0.25) is 0 Å². The molecule has 6 nitrogen and oxygen atoms in total. The lowest BCUT2D eigenvalue weighted by Gasteiger charge is -2.50. The van der Waals surface area contributed by atoms with Gasteiger partial charge in [0.15, 0.2) is 0 Å². The van der Waals surface area contributed by atoms with Crippen LogP contribution in [0.1, 0.15) is 18.4 Å². The van der Waals surface area contributed by atoms with E-state index in [1.165, 1.54) is 12.3 Å². The van der Waals surface area contributed by atoms with Crippen LogP contribution in [0.5, 0.6) is 5.75 Å². The molecule has 3 aliphatic heterocycles. The molecule has 1 N–H and O–H groups in total. The fraction of sp³-hybridized carbons (Fsp3) is 0.476. The number of piperidine rings is 3. The lowest BCUT2D eigenvalue weighted by atomic mass is 9.74. The van der Waals surface area contributed by atoms with Crippen LogP contribution in [-0.2, 0) is 10.1 Å². The van der Waals surface area contributed by atoms with E-state index >= 15 is 0 Å². The summed E-state index contributed by atoms with van der Waals surface area (Å²) in [6, 6.07) is 3.69. The summed E-state index contributed by atoms with van der Waals surface area (Å²) in [7, 11) is -5.72. The van der Waals surface area contributed by atoms with E-state index in [4.69, 9.17) is 0 Å². The Labute approximate surface area is 179 Å². The summed E-state index contributed by atoms with van der Waals surface area (Å²) in [5.41, 5.74) is -4.62. The first-order chi connectivity index (χ1) is 14.5. The maximum Gasteiger partial charge on any atom is 0.534 e. The average Bonchev–Trinajstić information content (AvgIpc) is 2.71. The zero-order valence-electron chi connectivity index (χ0n) is 17.0. The van der Waals surface area contributed by atoms with Crippen LogP contribution in [0.15, 0.2) is 48.0 Å². The predicted molar refractivity (Wildman–Crippen MR) is 112 cm³/mol. The quantitative estimate of drug-likeness (QED) is 0.292. The molecule has 0 saturated carbocycles. The number of rotatable bonds is 7. The van der Waals surface area contributed by atoms with Gasteiger partial charge in [-0.05, 0) is 68.0 Å². The second-order valence-corrected chi connectivity index (χ2v) is 9.37. The van der Waals surface area contributed by atoms with E-state index in [2.05, 4.69) is 20.7 Å². The number of hydrogen-bond acceptors (Lipinski definition) is 6. The summed E-state index contributed by atoms with van der Waals surface area (Å²) in [5.74, 6) is 0.580. The first kappa shape index (κ1) is 23.5. The molecule has 5 atom stereocenters. The molecule has 1 aromatic carbocycles. The number of nitrogens with zero attached hydrogens (tertiary/aromatic N) is 2. The number of benzene rings is 1. The summed E-state index contributed by atoms with van der Waals surface area (Å²) >= 11 is 0. The fourth-order valence-corrected chi connectivity index (χ4v) is 4.60. The first-order valence-corrected chi connectivity index (χ1v) is 11.3. The summed E-state index contributed by atoms with van der Waals surface area (Å²) in [6.45, 7) is 7.35. The number of allylic oxidation sites excluding steroid dienone is 1. The van der Waals surface area contributed by atoms with E-state index in [9.17, 15) is 26.7 Å². The topological polar surface area (TPSA) is 79.2 Å². The van der Waals surface area contributed by atoms with Gasteiger partial charge in [-0.25, -0.2) is 0 Å². The highest BCUT2D eigenvalue weighted by Crippen LogP contribution is 2.38. The molecule has 3 aliphatic rings. The van der Waals surface area contributed by atoms with Crippen LogP contribution < -0.4 is 4.18 Å². The SMILES string of the molecule is C=CC1CN2CCC1CC2[C@H](O)/C=C/C=N\c1ccc(OS(=O)(=O)C(F)(F)F)cc1C. The molecule has 0 aliphatic carbocycles. The van der Waals surface area contributed by atoms with E-state index in [0.29, 0.717) is 23.1 Å². The molecule has 4 rings (SSSR count). The van der Waals surface area contributed by atoms with Crippen molar-refractivity contribution in [1.29, 1.82) is 0 Å². The molecular formula is C21H25F3N2O4S. The van der Waals surface area contributed by atoms with Crippen LogP contribution in [-0.4, -0.2) is 55.4 Å². The Kier molecular flexibility index (Phi) is 6.92. The largest absolute Gasteiger partial charge is 0.534 e. The van der Waals surface area contributed by atoms with Gasteiger partial charge in [0.05, 0.1) is 11.8 Å². The van der Waals surface area contributed by atoms with E-state index in [1.54, 1.807) is 19.1 Å². The number of aliphatic hydroxyl groups is 1. The van der Waals surface area contributed by atoms with Crippen molar-refractivity contribution < 1.29 is 30.9 Å². The molecule has 2 bridgehead atoms. The summed E-state index contributed by atoms with van der Waals surface area (Å²) < 4.78 is 63.5. The van der Waals surface area contributed by atoms with Gasteiger partial charge in [-0.3, -0.25) is 9.89 Å². The van der Waals surface area contributed by atoms with Crippen LogP contribution >= 0.6 is 0 Å². The molecule has 31 heavy (non-hydrogen) atoms. The normalized spacial score (nSPS) is 27.6. The van der Waals surface area contributed by atoms with Gasteiger partial charge in [0.1, 0.15) is 5.75 Å². The standard InChI is InChI=1S/C21H25F3N2O4S/c1-3-15-13-26-10-8-16(15)12-19(26)20(27)5-4-9-25-18-7-6-17(11-14(18)2)30-31(28,29)21(22,23)24/h3-7,9,11,15-16,19-20,27H,1,8,10,12-13H2,2H3/b5-4+,25-9-/t15?,16?,19?,20-/m1/s1. The van der Waals surface area contributed by atoms with Gasteiger partial charge in [0, 0.05) is 18.8 Å². The van der Waals surface area contributed by atoms with Crippen molar-refractivity contribution >= 4 is 22.0 Å². The third-order valence-corrected chi connectivity index (χ3v) is 6.79. The van der Waals surface area contributed by atoms with E-state index < -0.39 is 27.5 Å². The number of aliphatic imine (C=N–C) groups is 1. The van der Waals surface area contributed by atoms with Crippen LogP contribution in [0, 0.1) is 18.8 Å². The Morgan fingerprint density at radius 1 is 1.39 bits per heavy atom. The number of alkyl halides is 3. The van der Waals surface area contributed by atoms with E-state index in [-0.39, 0.29) is 6.04 Å². The summed E-state index contributed by atoms with van der Waals surface area (Å²) in [6.07, 6.45) is 8.16. The van der Waals surface area contributed by atoms with Crippen LogP contribution in [0.25, 0.3) is 0 Å². The number of hydrogen-bond donors (Lipinski definition) is 1. The molecule has 0 spiro atoms. The molecule has 10 heteroatoms. The molecule has 0 aromatic heterocycles. The molecule has 4 unspecified atom stereocenters. The first-order valence-electron chi connectivity index (χ1n) is 9.89. The van der Waals surface area contributed by atoms with Gasteiger partial charge in [-0.2, -0.15) is 21.6 Å². The van der Waals surface area contributed by atoms with Crippen molar-refractivity contribution in [2.45, 2.75) is 37.4 Å². The highest BCUT2D eigenvalue weighted by atomic mass is 32.2. The molecule has 170 valence electrons. The average molecular weight is 459 g/mol. The van der Waals surface area contributed by atoms with Gasteiger partial charge in [-0.15, -0.1) is 6.58 Å². The van der Waals surface area contributed by atoms with Gasteiger partial charge in [0.25, 0.3) is 0 Å². The third-order valence-electron chi connectivity index (χ3n) is 5.81. The minimum absolute atomic E-state index is 0.0633. The Hall–Kier alpha value is -2.17. The zero-order chi connectivity index (χ0) is 22.8. The molecular weight excluding hydrogens is 433 g/mol. The number of fused-ring (bicyclic) bond motifs is 3. The van der Waals surface area contributed by atoms with Gasteiger partial charge < -0.3 is 9.29 Å². The van der Waals surface area contributed by atoms with Crippen molar-refractivity contribution in [2.24, 2.45) is 16.8 Å². The maximum absolute atomic E-state index is 12.4. The van der Waals surface area contributed by atoms with Gasteiger partial charge >= 0.3 is 15.6 Å². The smallest absolute Gasteiger partial charge is 0.387 e. The fourth-order valence-electron chi connectivity index (χ4n) is 4.15. The predicted octanol–water partition coefficient (Wildman–Crippen LogP) is 3.74. The summed E-state index contributed by atoms with van der Waals surface area (Å²) in [5, 5.41) is 10.5. The van der Waals surface area contributed by atoms with Gasteiger partial charge in [0.2, 0.25) is 0 Å². The minimum atomic E-state index is -5.72. The minimum Gasteiger partial charge on any atom is -0.387 e. The molecule has 3 fully saturated rings. The zero-order valence-corrected chi connectivity index (χ0v) is 17.8. The molecule has 1 aromatic rings. The van der Waals surface area contributed by atoms with Crippen molar-refractivity contribution in [1.82, 2.24) is 4.90 Å². The Morgan fingerprint density at radius 3 is 2.71 bits per heavy atom. The lowest BCUT2D eigenvalue weighted by Crippen LogP contribution is -2.56. The number of aliphatic hydroxyl groups excluding tert-OH is 1. The Bertz CT molecular complexity index is 975. The summed E-state index contributed by atoms with van der Waals surface area (Å²) in [4.78, 5) is 6.49. The second kappa shape index (κ2) is 9.13. The highest BCUT2D eigenvalue weighted by molar-refractivity contribution is 7.88. The third kappa shape index (κ3) is 5.36. The lowest BCUT2D eigenvalue weighted by molar-refractivity contribution is -0.0500. The highest BCUT2D eigenvalue weighted by Gasteiger charge is 2.48. The number of halogens is 3. The second-order valence-electron chi connectivity index (χ2n) is 7.83. The van der Waals surface area contributed by atoms with E-state index in [1.807, 2.05) is 6.08 Å². The molecule has 3 heterocycles. The van der Waals surface area contributed by atoms with Crippen molar-refractivity contribution in [3.63, 3.8) is 0 Å². The molecule has 0 amide bonds. The van der Waals surface area contributed by atoms with Crippen LogP contribution in [0.3, 0.4) is 0 Å². The Balaban J connectivity index is 1.60. The van der Waals surface area contributed by atoms with Crippen LogP contribution in [0.4, 0.5) is 18.9 Å². The molecule has 0 radical (unpaired) electrons. The van der Waals surface area contributed by atoms with Gasteiger partial charge in [-0.1, -0.05) is 12.2 Å². The maximum atomic E-state index is 12.4. The molecule has 3 saturated heterocycles. The monoisotopic (exact) mass is 458 g/mol. The Morgan fingerprint density at radius 2 is 2.13 bits per heavy atom. The van der Waals surface area contributed by atoms with Crippen molar-refractivity contribution in [3.05, 3.63) is 48.6 Å².